The Bertz CT molecular complexity index is 718. The van der Waals surface area contributed by atoms with Crippen molar-refractivity contribution in [3.63, 3.8) is 0 Å². The molecule has 7 nitrogen and oxygen atoms in total. The fourth-order valence-electron chi connectivity index (χ4n) is 1.93. The predicted molar refractivity (Wildman–Crippen MR) is 88.4 cm³/mol. The van der Waals surface area contributed by atoms with Crippen molar-refractivity contribution in [1.29, 1.82) is 0 Å². The number of nitrogens with one attached hydrogen (secondary N) is 2. The lowest BCUT2D eigenvalue weighted by atomic mass is 10.2. The number of ether oxygens (including phenoxy) is 3. The highest BCUT2D eigenvalue weighted by atomic mass is 16.5. The van der Waals surface area contributed by atoms with E-state index < -0.39 is 12.0 Å². The molecule has 0 saturated carbocycles. The van der Waals surface area contributed by atoms with E-state index in [2.05, 4.69) is 15.4 Å². The molecule has 0 aromatic heterocycles. The van der Waals surface area contributed by atoms with Gasteiger partial charge in [0.05, 0.1) is 19.8 Å². The zero-order valence-electron chi connectivity index (χ0n) is 13.4. The van der Waals surface area contributed by atoms with Gasteiger partial charge in [-0.2, -0.15) is 0 Å². The fourth-order valence-corrected chi connectivity index (χ4v) is 1.93. The highest BCUT2D eigenvalue weighted by Gasteiger charge is 2.08. The maximum absolute atomic E-state index is 11.9. The SMILES string of the molecule is COC(=O)c1cccc(NC(=O)NCOc2ccccc2OC)c1. The van der Waals surface area contributed by atoms with Crippen LogP contribution in [0.25, 0.3) is 0 Å². The summed E-state index contributed by atoms with van der Waals surface area (Å²) in [6.45, 7) is -0.0388. The molecule has 0 atom stereocenters. The summed E-state index contributed by atoms with van der Waals surface area (Å²) in [4.78, 5) is 23.3. The Labute approximate surface area is 139 Å². The van der Waals surface area contributed by atoms with Crippen molar-refractivity contribution in [2.45, 2.75) is 0 Å². The summed E-state index contributed by atoms with van der Waals surface area (Å²) >= 11 is 0. The van der Waals surface area contributed by atoms with Gasteiger partial charge in [-0.05, 0) is 30.3 Å². The number of rotatable bonds is 6. The van der Waals surface area contributed by atoms with Gasteiger partial charge in [0.2, 0.25) is 0 Å². The number of benzene rings is 2. The van der Waals surface area contributed by atoms with Crippen molar-refractivity contribution in [3.8, 4) is 11.5 Å². The van der Waals surface area contributed by atoms with E-state index in [0.717, 1.165) is 0 Å². The maximum atomic E-state index is 11.9. The third kappa shape index (κ3) is 4.64. The number of amides is 2. The molecule has 24 heavy (non-hydrogen) atoms. The molecule has 2 aromatic carbocycles. The average Bonchev–Trinajstić information content (AvgIpc) is 2.61. The van der Waals surface area contributed by atoms with Crippen molar-refractivity contribution >= 4 is 17.7 Å². The molecule has 0 spiro atoms. The van der Waals surface area contributed by atoms with Crippen LogP contribution in [0.3, 0.4) is 0 Å². The van der Waals surface area contributed by atoms with Crippen molar-refractivity contribution in [1.82, 2.24) is 5.32 Å². The Kier molecular flexibility index (Phi) is 6.01. The summed E-state index contributed by atoms with van der Waals surface area (Å²) in [7, 11) is 2.83. The van der Waals surface area contributed by atoms with E-state index in [-0.39, 0.29) is 6.73 Å². The van der Waals surface area contributed by atoms with Crippen LogP contribution in [-0.4, -0.2) is 33.0 Å². The normalized spacial score (nSPS) is 9.75. The van der Waals surface area contributed by atoms with Gasteiger partial charge >= 0.3 is 12.0 Å². The number of hydrogen-bond donors (Lipinski definition) is 2. The van der Waals surface area contributed by atoms with Crippen LogP contribution in [0, 0.1) is 0 Å². The van der Waals surface area contributed by atoms with Gasteiger partial charge in [0.25, 0.3) is 0 Å². The smallest absolute Gasteiger partial charge is 0.337 e. The number of methoxy groups -OCH3 is 2. The van der Waals surface area contributed by atoms with Crippen LogP contribution < -0.4 is 20.1 Å². The number of esters is 1. The average molecular weight is 330 g/mol. The fraction of sp³-hybridized carbons (Fsp3) is 0.176. The van der Waals surface area contributed by atoms with Gasteiger partial charge in [-0.25, -0.2) is 9.59 Å². The number of hydrogen-bond acceptors (Lipinski definition) is 5. The van der Waals surface area contributed by atoms with Crippen molar-refractivity contribution in [2.24, 2.45) is 0 Å². The molecule has 7 heteroatoms. The molecule has 0 fully saturated rings. The minimum atomic E-state index is -0.474. The minimum Gasteiger partial charge on any atom is -0.493 e. The van der Waals surface area contributed by atoms with E-state index >= 15 is 0 Å². The van der Waals surface area contributed by atoms with Crippen molar-refractivity contribution < 1.29 is 23.8 Å². The van der Waals surface area contributed by atoms with Crippen LogP contribution in [0.5, 0.6) is 11.5 Å². The quantitative estimate of drug-likeness (QED) is 0.628. The Balaban J connectivity index is 1.86. The summed E-state index contributed by atoms with van der Waals surface area (Å²) in [5.41, 5.74) is 0.813. The van der Waals surface area contributed by atoms with E-state index in [1.807, 2.05) is 6.07 Å². The lowest BCUT2D eigenvalue weighted by Gasteiger charge is -2.12. The molecule has 0 aliphatic heterocycles. The molecule has 0 bridgehead atoms. The van der Waals surface area contributed by atoms with Crippen LogP contribution >= 0.6 is 0 Å². The molecule has 0 radical (unpaired) electrons. The number of para-hydroxylation sites is 2. The molecule has 2 aromatic rings. The van der Waals surface area contributed by atoms with Crippen molar-refractivity contribution in [2.75, 3.05) is 26.3 Å². The second-order valence-electron chi connectivity index (χ2n) is 4.64. The Morgan fingerprint density at radius 3 is 2.46 bits per heavy atom. The molecule has 2 N–H and O–H groups in total. The number of carbonyl (C=O) groups excluding carboxylic acids is 2. The lowest BCUT2D eigenvalue weighted by molar-refractivity contribution is 0.0600. The first-order valence-corrected chi connectivity index (χ1v) is 7.13. The third-order valence-corrected chi connectivity index (χ3v) is 3.07. The van der Waals surface area contributed by atoms with Gasteiger partial charge in [0, 0.05) is 5.69 Å². The maximum Gasteiger partial charge on any atom is 0.337 e. The van der Waals surface area contributed by atoms with Gasteiger partial charge in [-0.1, -0.05) is 18.2 Å². The number of carbonyl (C=O) groups is 2. The topological polar surface area (TPSA) is 85.9 Å². The molecule has 0 aliphatic rings. The molecule has 126 valence electrons. The standard InChI is InChI=1S/C17H18N2O5/c1-22-14-8-3-4-9-15(14)24-11-18-17(21)19-13-7-5-6-12(10-13)16(20)23-2/h3-10H,11H2,1-2H3,(H2,18,19,21). The summed E-state index contributed by atoms with van der Waals surface area (Å²) in [5.74, 6) is 0.622. The van der Waals surface area contributed by atoms with Gasteiger partial charge < -0.3 is 24.8 Å². The lowest BCUT2D eigenvalue weighted by Crippen LogP contribution is -2.32. The third-order valence-electron chi connectivity index (χ3n) is 3.07. The van der Waals surface area contributed by atoms with E-state index in [1.54, 1.807) is 36.4 Å². The number of urea groups is 1. The first-order valence-electron chi connectivity index (χ1n) is 7.13. The molecule has 0 aliphatic carbocycles. The van der Waals surface area contributed by atoms with Gasteiger partial charge in [-0.15, -0.1) is 0 Å². The predicted octanol–water partition coefficient (Wildman–Crippen LogP) is 2.64. The highest BCUT2D eigenvalue weighted by molar-refractivity contribution is 5.93. The largest absolute Gasteiger partial charge is 0.493 e. The Morgan fingerprint density at radius 1 is 1.00 bits per heavy atom. The zero-order valence-corrected chi connectivity index (χ0v) is 13.4. The van der Waals surface area contributed by atoms with E-state index in [0.29, 0.717) is 22.7 Å². The van der Waals surface area contributed by atoms with E-state index in [1.165, 1.54) is 20.3 Å². The van der Waals surface area contributed by atoms with Crippen LogP contribution in [0.1, 0.15) is 10.4 Å². The van der Waals surface area contributed by atoms with Crippen molar-refractivity contribution in [3.05, 3.63) is 54.1 Å². The first kappa shape index (κ1) is 17.1. The summed E-state index contributed by atoms with van der Waals surface area (Å²) in [6.07, 6.45) is 0. The second kappa shape index (κ2) is 8.42. The van der Waals surface area contributed by atoms with Crippen LogP contribution in [0.2, 0.25) is 0 Å². The summed E-state index contributed by atoms with van der Waals surface area (Å²) < 4.78 is 15.2. The highest BCUT2D eigenvalue weighted by Crippen LogP contribution is 2.25. The summed E-state index contributed by atoms with van der Waals surface area (Å²) in [5, 5.41) is 5.16. The molecular formula is C17H18N2O5. The van der Waals surface area contributed by atoms with Crippen LogP contribution in [-0.2, 0) is 4.74 Å². The van der Waals surface area contributed by atoms with Gasteiger partial charge in [0.15, 0.2) is 18.2 Å². The van der Waals surface area contributed by atoms with Gasteiger partial charge in [0.1, 0.15) is 0 Å². The molecule has 0 unspecified atom stereocenters. The Hall–Kier alpha value is -3.22. The monoisotopic (exact) mass is 330 g/mol. The minimum absolute atomic E-state index is 0.0388. The molecule has 0 heterocycles. The molecule has 2 rings (SSSR count). The van der Waals surface area contributed by atoms with Crippen LogP contribution in [0.4, 0.5) is 10.5 Å². The molecule has 2 amide bonds. The zero-order chi connectivity index (χ0) is 17.4. The van der Waals surface area contributed by atoms with Crippen LogP contribution in [0.15, 0.2) is 48.5 Å². The first-order chi connectivity index (χ1) is 11.6. The van der Waals surface area contributed by atoms with E-state index in [4.69, 9.17) is 9.47 Å². The Morgan fingerprint density at radius 2 is 1.75 bits per heavy atom. The second-order valence-corrected chi connectivity index (χ2v) is 4.64. The summed E-state index contributed by atoms with van der Waals surface area (Å²) in [6, 6.07) is 13.1. The van der Waals surface area contributed by atoms with E-state index in [9.17, 15) is 9.59 Å². The molecule has 0 saturated heterocycles. The number of anilines is 1. The molecular weight excluding hydrogens is 312 g/mol. The van der Waals surface area contributed by atoms with Gasteiger partial charge in [-0.3, -0.25) is 0 Å².